The number of aromatic nitrogens is 2. The second-order valence-corrected chi connectivity index (χ2v) is 8.55. The predicted octanol–water partition coefficient (Wildman–Crippen LogP) is 4.11. The molecule has 4 saturated carbocycles. The zero-order chi connectivity index (χ0) is 16.5. The van der Waals surface area contributed by atoms with Crippen molar-refractivity contribution in [1.29, 1.82) is 0 Å². The van der Waals surface area contributed by atoms with Crippen LogP contribution in [0.15, 0.2) is 18.3 Å². The molecule has 4 nitrogen and oxygen atoms in total. The van der Waals surface area contributed by atoms with Crippen molar-refractivity contribution in [3.8, 4) is 0 Å². The third kappa shape index (κ3) is 1.98. The second kappa shape index (κ2) is 4.84. The van der Waals surface area contributed by atoms with Crippen LogP contribution in [-0.4, -0.2) is 15.3 Å². The topological polar surface area (TPSA) is 46.4 Å². The molecule has 0 aliphatic heterocycles. The Morgan fingerprint density at radius 3 is 2.42 bits per heavy atom. The average molecular weight is 323 g/mol. The van der Waals surface area contributed by atoms with Gasteiger partial charge in [0.2, 0.25) is 5.91 Å². The summed E-state index contributed by atoms with van der Waals surface area (Å²) in [5.41, 5.74) is 3.76. The highest BCUT2D eigenvalue weighted by atomic mass is 16.2. The number of imidazole rings is 1. The summed E-state index contributed by atoms with van der Waals surface area (Å²) in [5.74, 6) is 2.60. The molecule has 4 aliphatic carbocycles. The summed E-state index contributed by atoms with van der Waals surface area (Å²) in [6.45, 7) is 4.09. The molecule has 0 atom stereocenters. The van der Waals surface area contributed by atoms with E-state index >= 15 is 0 Å². The fourth-order valence-corrected chi connectivity index (χ4v) is 6.04. The zero-order valence-electron chi connectivity index (χ0n) is 14.5. The van der Waals surface area contributed by atoms with Crippen molar-refractivity contribution in [2.45, 2.75) is 52.4 Å². The molecule has 4 fully saturated rings. The molecule has 2 aromatic rings. The smallest absolute Gasteiger partial charge is 0.230 e. The van der Waals surface area contributed by atoms with Gasteiger partial charge < -0.3 is 9.72 Å². The average Bonchev–Trinajstić information content (AvgIpc) is 2.82. The predicted molar refractivity (Wildman–Crippen MR) is 93.9 cm³/mol. The van der Waals surface area contributed by atoms with Gasteiger partial charge in [0.1, 0.15) is 0 Å². The first-order chi connectivity index (χ1) is 11.5. The van der Waals surface area contributed by atoms with E-state index in [-0.39, 0.29) is 11.3 Å². The summed E-state index contributed by atoms with van der Waals surface area (Å²) in [6.07, 6.45) is 9.40. The fraction of sp³-hybridized carbons (Fsp3) is 0.600. The monoisotopic (exact) mass is 323 g/mol. The number of amides is 1. The van der Waals surface area contributed by atoms with Crippen molar-refractivity contribution in [2.24, 2.45) is 23.2 Å². The molecular weight excluding hydrogens is 298 g/mol. The van der Waals surface area contributed by atoms with Gasteiger partial charge in [-0.05, 0) is 82.3 Å². The molecule has 1 N–H and O–H groups in total. The Labute approximate surface area is 142 Å². The number of pyridine rings is 1. The van der Waals surface area contributed by atoms with Gasteiger partial charge in [0.15, 0.2) is 5.65 Å². The fourth-order valence-electron chi connectivity index (χ4n) is 6.04. The molecule has 0 saturated heterocycles. The summed E-state index contributed by atoms with van der Waals surface area (Å²) < 4.78 is 2.07. The van der Waals surface area contributed by atoms with Crippen molar-refractivity contribution in [1.82, 2.24) is 9.38 Å². The Morgan fingerprint density at radius 1 is 1.17 bits per heavy atom. The lowest BCUT2D eigenvalue weighted by Gasteiger charge is -2.55. The minimum absolute atomic E-state index is 0.113. The third-order valence-electron chi connectivity index (χ3n) is 6.89. The molecule has 126 valence electrons. The molecule has 4 heteroatoms. The largest absolute Gasteiger partial charge is 0.322 e. The van der Waals surface area contributed by atoms with E-state index in [1.54, 1.807) is 0 Å². The highest BCUT2D eigenvalue weighted by molar-refractivity contribution is 5.98. The first kappa shape index (κ1) is 14.5. The number of anilines is 1. The van der Waals surface area contributed by atoms with Gasteiger partial charge >= 0.3 is 0 Å². The molecule has 0 spiro atoms. The number of hydrogen-bond acceptors (Lipinski definition) is 2. The summed E-state index contributed by atoms with van der Waals surface area (Å²) in [5, 5.41) is 3.26. The maximum absolute atomic E-state index is 13.3. The van der Waals surface area contributed by atoms with Gasteiger partial charge in [-0.2, -0.15) is 0 Å². The number of nitrogens with one attached hydrogen (secondary N) is 1. The summed E-state index contributed by atoms with van der Waals surface area (Å²) in [4.78, 5) is 17.9. The van der Waals surface area contributed by atoms with E-state index in [4.69, 9.17) is 0 Å². The minimum Gasteiger partial charge on any atom is -0.322 e. The highest BCUT2D eigenvalue weighted by Crippen LogP contribution is 2.60. The van der Waals surface area contributed by atoms with E-state index in [2.05, 4.69) is 21.6 Å². The zero-order valence-corrected chi connectivity index (χ0v) is 14.5. The van der Waals surface area contributed by atoms with Crippen LogP contribution in [0.3, 0.4) is 0 Å². The van der Waals surface area contributed by atoms with E-state index < -0.39 is 0 Å². The third-order valence-corrected chi connectivity index (χ3v) is 6.89. The van der Waals surface area contributed by atoms with Crippen LogP contribution in [0.2, 0.25) is 0 Å². The Kier molecular flexibility index (Phi) is 2.92. The Morgan fingerprint density at radius 2 is 1.79 bits per heavy atom. The van der Waals surface area contributed by atoms with Crippen molar-refractivity contribution >= 4 is 17.2 Å². The molecule has 2 heterocycles. The maximum Gasteiger partial charge on any atom is 0.230 e. The van der Waals surface area contributed by atoms with Gasteiger partial charge in [-0.25, -0.2) is 4.98 Å². The summed E-state index contributed by atoms with van der Waals surface area (Å²) in [6, 6.07) is 3.98. The van der Waals surface area contributed by atoms with E-state index in [0.29, 0.717) is 0 Å². The van der Waals surface area contributed by atoms with Gasteiger partial charge in [-0.1, -0.05) is 0 Å². The summed E-state index contributed by atoms with van der Waals surface area (Å²) >= 11 is 0. The number of carbonyl (C=O) groups excluding carboxylic acids is 1. The van der Waals surface area contributed by atoms with Crippen molar-refractivity contribution in [3.63, 3.8) is 0 Å². The van der Waals surface area contributed by atoms with Gasteiger partial charge in [0.05, 0.1) is 16.8 Å². The minimum atomic E-state index is -0.113. The van der Waals surface area contributed by atoms with E-state index in [9.17, 15) is 4.79 Å². The number of fused-ring (bicyclic) bond motifs is 1. The Bertz CT molecular complexity index is 799. The van der Waals surface area contributed by atoms with Crippen LogP contribution in [0, 0.1) is 37.0 Å². The van der Waals surface area contributed by atoms with E-state index in [1.165, 1.54) is 19.3 Å². The molecule has 24 heavy (non-hydrogen) atoms. The first-order valence-corrected chi connectivity index (χ1v) is 9.30. The normalized spacial score (nSPS) is 34.0. The quantitative estimate of drug-likeness (QED) is 0.904. The van der Waals surface area contributed by atoms with Crippen molar-refractivity contribution < 1.29 is 4.79 Å². The van der Waals surface area contributed by atoms with Crippen LogP contribution in [0.25, 0.3) is 5.65 Å². The molecule has 1 amide bonds. The number of carbonyl (C=O) groups is 1. The molecule has 2 aromatic heterocycles. The van der Waals surface area contributed by atoms with Gasteiger partial charge in [0, 0.05) is 11.9 Å². The number of rotatable bonds is 2. The molecular formula is C20H25N3O. The van der Waals surface area contributed by atoms with Crippen molar-refractivity contribution in [3.05, 3.63) is 29.7 Å². The van der Waals surface area contributed by atoms with E-state index in [1.807, 2.05) is 25.3 Å². The molecule has 4 bridgehead atoms. The van der Waals surface area contributed by atoms with E-state index in [0.717, 1.165) is 59.7 Å². The lowest BCUT2D eigenvalue weighted by molar-refractivity contribution is -0.140. The summed E-state index contributed by atoms with van der Waals surface area (Å²) in [7, 11) is 0. The lowest BCUT2D eigenvalue weighted by atomic mass is 9.49. The SMILES string of the molecule is Cc1nc2c(NC(=O)C34CC5CC(CC(C5)C3)C4)cccn2c1C. The number of aryl methyl sites for hydroxylation is 2. The second-order valence-electron chi connectivity index (χ2n) is 8.55. The molecule has 0 radical (unpaired) electrons. The molecule has 6 rings (SSSR count). The Hall–Kier alpha value is -1.84. The number of hydrogen-bond donors (Lipinski definition) is 1. The van der Waals surface area contributed by atoms with Crippen LogP contribution in [0.4, 0.5) is 5.69 Å². The molecule has 0 unspecified atom stereocenters. The van der Waals surface area contributed by atoms with Crippen LogP contribution in [-0.2, 0) is 4.79 Å². The number of nitrogens with zero attached hydrogens (tertiary/aromatic N) is 2. The van der Waals surface area contributed by atoms with Gasteiger partial charge in [-0.3, -0.25) is 4.79 Å². The van der Waals surface area contributed by atoms with Crippen LogP contribution >= 0.6 is 0 Å². The van der Waals surface area contributed by atoms with Gasteiger partial charge in [0.25, 0.3) is 0 Å². The van der Waals surface area contributed by atoms with Crippen LogP contribution in [0.5, 0.6) is 0 Å². The highest BCUT2D eigenvalue weighted by Gasteiger charge is 2.54. The van der Waals surface area contributed by atoms with Crippen molar-refractivity contribution in [2.75, 3.05) is 5.32 Å². The molecule has 4 aliphatic rings. The van der Waals surface area contributed by atoms with Gasteiger partial charge in [-0.15, -0.1) is 0 Å². The lowest BCUT2D eigenvalue weighted by Crippen LogP contribution is -2.51. The standard InChI is InChI=1S/C20H25N3O/c1-12-13(2)23-5-3-4-17(18(23)21-12)22-19(24)20-9-14-6-15(10-20)8-16(7-14)11-20/h3-5,14-16H,6-11H2,1-2H3,(H,22,24). The van der Waals surface area contributed by atoms with Crippen LogP contribution in [0.1, 0.15) is 49.9 Å². The first-order valence-electron chi connectivity index (χ1n) is 9.30. The molecule has 0 aromatic carbocycles. The Balaban J connectivity index is 1.48. The van der Waals surface area contributed by atoms with Crippen LogP contribution < -0.4 is 5.32 Å². The maximum atomic E-state index is 13.3.